The molecule has 0 aliphatic heterocycles. The van der Waals surface area contributed by atoms with Crippen LogP contribution in [0.5, 0.6) is 0 Å². The average molecular weight is 499 g/mol. The van der Waals surface area contributed by atoms with Gasteiger partial charge in [-0.3, -0.25) is 14.5 Å². The van der Waals surface area contributed by atoms with Gasteiger partial charge < -0.3 is 9.73 Å². The number of hydrogen-bond acceptors (Lipinski definition) is 6. The maximum absolute atomic E-state index is 13.9. The molecule has 9 heteroatoms. The van der Waals surface area contributed by atoms with Crippen LogP contribution >= 0.6 is 0 Å². The Balaban J connectivity index is 1.48. The van der Waals surface area contributed by atoms with Crippen LogP contribution in [0.15, 0.2) is 71.3 Å². The number of aryl methyl sites for hydroxylation is 2. The quantitative estimate of drug-likeness (QED) is 0.386. The third-order valence-corrected chi connectivity index (χ3v) is 6.70. The summed E-state index contributed by atoms with van der Waals surface area (Å²) >= 11 is 0. The molecular formula is C28H30N6O3. The van der Waals surface area contributed by atoms with Crippen molar-refractivity contribution in [2.75, 3.05) is 4.90 Å². The van der Waals surface area contributed by atoms with Crippen LogP contribution < -0.4 is 10.2 Å². The number of rotatable bonds is 8. The largest absolute Gasteiger partial charge is 0.467 e. The number of benzene rings is 2. The Hall–Kier alpha value is -4.27. The number of aromatic nitrogens is 4. The van der Waals surface area contributed by atoms with Gasteiger partial charge in [0.1, 0.15) is 12.3 Å². The van der Waals surface area contributed by atoms with Crippen LogP contribution in [-0.2, 0) is 16.1 Å². The smallest absolute Gasteiger partial charge is 0.251 e. The molecule has 5 rings (SSSR count). The number of tetrazole rings is 1. The second-order valence-corrected chi connectivity index (χ2v) is 9.47. The Morgan fingerprint density at radius 3 is 2.51 bits per heavy atom. The molecule has 0 bridgehead atoms. The van der Waals surface area contributed by atoms with E-state index in [2.05, 4.69) is 20.7 Å². The van der Waals surface area contributed by atoms with Gasteiger partial charge in [-0.1, -0.05) is 60.9 Å². The molecule has 2 aromatic heterocycles. The van der Waals surface area contributed by atoms with Crippen molar-refractivity contribution >= 4 is 17.5 Å². The molecular weight excluding hydrogens is 468 g/mol. The summed E-state index contributed by atoms with van der Waals surface area (Å²) in [6, 6.07) is 17.8. The van der Waals surface area contributed by atoms with Crippen LogP contribution in [0.1, 0.15) is 48.6 Å². The Kier molecular flexibility index (Phi) is 7.11. The number of furan rings is 1. The fourth-order valence-corrected chi connectivity index (χ4v) is 4.75. The van der Waals surface area contributed by atoms with Crippen LogP contribution in [0.4, 0.5) is 5.69 Å². The summed E-state index contributed by atoms with van der Waals surface area (Å²) in [5, 5.41) is 15.8. The lowest BCUT2D eigenvalue weighted by Crippen LogP contribution is -2.47. The maximum atomic E-state index is 13.9. The summed E-state index contributed by atoms with van der Waals surface area (Å²) in [4.78, 5) is 30.3. The number of amides is 2. The van der Waals surface area contributed by atoms with Crippen molar-refractivity contribution in [1.82, 2.24) is 25.5 Å². The Morgan fingerprint density at radius 2 is 1.81 bits per heavy atom. The molecule has 0 unspecified atom stereocenters. The fraction of sp³-hybridized carbons (Fsp3) is 0.321. The number of nitrogens with one attached hydrogen (secondary N) is 1. The number of para-hydroxylation sites is 1. The highest BCUT2D eigenvalue weighted by atomic mass is 16.3. The summed E-state index contributed by atoms with van der Waals surface area (Å²) in [6.45, 7) is 3.72. The molecule has 2 heterocycles. The summed E-state index contributed by atoms with van der Waals surface area (Å²) in [6.07, 6.45) is 5.54. The number of carbonyl (C=O) groups excluding carboxylic acids is 2. The first kappa shape index (κ1) is 24.4. The van der Waals surface area contributed by atoms with Crippen molar-refractivity contribution in [3.8, 4) is 11.4 Å². The molecule has 37 heavy (non-hydrogen) atoms. The van der Waals surface area contributed by atoms with Crippen molar-refractivity contribution in [3.63, 3.8) is 0 Å². The van der Waals surface area contributed by atoms with Gasteiger partial charge >= 0.3 is 0 Å². The van der Waals surface area contributed by atoms with Crippen LogP contribution in [-0.4, -0.2) is 38.1 Å². The van der Waals surface area contributed by atoms with Crippen LogP contribution in [0.2, 0.25) is 0 Å². The fourth-order valence-electron chi connectivity index (χ4n) is 4.75. The zero-order valence-corrected chi connectivity index (χ0v) is 21.0. The monoisotopic (exact) mass is 498 g/mol. The van der Waals surface area contributed by atoms with Gasteiger partial charge in [0.2, 0.25) is 5.82 Å². The summed E-state index contributed by atoms with van der Waals surface area (Å²) in [5.74, 6) is 0.186. The van der Waals surface area contributed by atoms with Crippen LogP contribution in [0.3, 0.4) is 0 Å². The number of hydrogen-bond donors (Lipinski definition) is 1. The van der Waals surface area contributed by atoms with Crippen LogP contribution in [0.25, 0.3) is 11.4 Å². The summed E-state index contributed by atoms with van der Waals surface area (Å²) in [7, 11) is 0. The van der Waals surface area contributed by atoms with E-state index in [0.717, 1.165) is 42.4 Å². The second kappa shape index (κ2) is 10.8. The molecule has 1 aliphatic carbocycles. The van der Waals surface area contributed by atoms with Gasteiger partial charge in [-0.15, -0.1) is 10.2 Å². The topological polar surface area (TPSA) is 106 Å². The molecule has 190 valence electrons. The SMILES string of the molecule is Cc1ccc(-c2nnn(CC(=O)N(c3ccccc3C)[C@@H](C(=O)NC3CCCC3)c3ccco3)n2)cc1. The van der Waals surface area contributed by atoms with E-state index < -0.39 is 6.04 Å². The molecule has 1 fully saturated rings. The number of carbonyl (C=O) groups is 2. The van der Waals surface area contributed by atoms with Crippen molar-refractivity contribution in [2.45, 2.75) is 58.2 Å². The van der Waals surface area contributed by atoms with E-state index in [1.54, 1.807) is 12.1 Å². The standard InChI is InChI=1S/C28H30N6O3/c1-19-13-15-21(16-14-19)27-30-32-33(31-27)18-25(35)34(23-11-6-3-8-20(23)2)26(24-12-7-17-37-24)28(36)29-22-9-4-5-10-22/h3,6-8,11-17,22,26H,4-5,9-10,18H2,1-2H3,(H,29,36)/t26-/m1/s1. The molecule has 0 saturated heterocycles. The third-order valence-electron chi connectivity index (χ3n) is 6.70. The predicted octanol–water partition coefficient (Wildman–Crippen LogP) is 4.38. The van der Waals surface area contributed by atoms with E-state index in [9.17, 15) is 9.59 Å². The minimum absolute atomic E-state index is 0.0906. The molecule has 4 aromatic rings. The summed E-state index contributed by atoms with van der Waals surface area (Å²) < 4.78 is 5.69. The Labute approximate surface area is 215 Å². The molecule has 2 aromatic carbocycles. The van der Waals surface area contributed by atoms with E-state index in [1.807, 2.05) is 62.4 Å². The lowest BCUT2D eigenvalue weighted by atomic mass is 10.1. The molecule has 1 saturated carbocycles. The molecule has 1 aliphatic rings. The van der Waals surface area contributed by atoms with E-state index in [4.69, 9.17) is 4.42 Å². The van der Waals surface area contributed by atoms with Gasteiger partial charge in [-0.2, -0.15) is 4.80 Å². The number of anilines is 1. The number of nitrogens with zero attached hydrogens (tertiary/aromatic N) is 5. The first-order valence-electron chi connectivity index (χ1n) is 12.6. The first-order chi connectivity index (χ1) is 18.0. The van der Waals surface area contributed by atoms with Gasteiger partial charge in [0.05, 0.1) is 6.26 Å². The average Bonchev–Trinajstić information content (AvgIpc) is 3.67. The van der Waals surface area contributed by atoms with E-state index in [-0.39, 0.29) is 24.4 Å². The molecule has 9 nitrogen and oxygen atoms in total. The Morgan fingerprint density at radius 1 is 1.05 bits per heavy atom. The highest BCUT2D eigenvalue weighted by molar-refractivity contribution is 6.01. The molecule has 0 spiro atoms. The predicted molar refractivity (Wildman–Crippen MR) is 139 cm³/mol. The van der Waals surface area contributed by atoms with Crippen molar-refractivity contribution in [3.05, 3.63) is 83.8 Å². The maximum Gasteiger partial charge on any atom is 0.251 e. The van der Waals surface area contributed by atoms with Gasteiger partial charge in [0, 0.05) is 17.3 Å². The molecule has 1 N–H and O–H groups in total. The minimum Gasteiger partial charge on any atom is -0.467 e. The lowest BCUT2D eigenvalue weighted by Gasteiger charge is -2.31. The van der Waals surface area contributed by atoms with Crippen molar-refractivity contribution in [1.29, 1.82) is 0 Å². The van der Waals surface area contributed by atoms with Gasteiger partial charge in [0.25, 0.3) is 11.8 Å². The van der Waals surface area contributed by atoms with E-state index in [0.29, 0.717) is 17.3 Å². The highest BCUT2D eigenvalue weighted by Gasteiger charge is 2.37. The first-order valence-corrected chi connectivity index (χ1v) is 12.6. The van der Waals surface area contributed by atoms with Gasteiger partial charge in [-0.25, -0.2) is 0 Å². The molecule has 2 amide bonds. The van der Waals surface area contributed by atoms with Gasteiger partial charge in [0.15, 0.2) is 6.04 Å². The Bertz CT molecular complexity index is 1360. The molecule has 0 radical (unpaired) electrons. The van der Waals surface area contributed by atoms with Gasteiger partial charge in [-0.05, 0) is 55.7 Å². The third kappa shape index (κ3) is 5.45. The summed E-state index contributed by atoms with van der Waals surface area (Å²) in [5.41, 5.74) is 3.41. The van der Waals surface area contributed by atoms with E-state index in [1.165, 1.54) is 16.0 Å². The second-order valence-electron chi connectivity index (χ2n) is 9.47. The van der Waals surface area contributed by atoms with Crippen LogP contribution in [0, 0.1) is 13.8 Å². The van der Waals surface area contributed by atoms with E-state index >= 15 is 0 Å². The normalized spacial score (nSPS) is 14.4. The van der Waals surface area contributed by atoms with Crippen molar-refractivity contribution in [2.24, 2.45) is 0 Å². The molecule has 1 atom stereocenters. The minimum atomic E-state index is -0.982. The van der Waals surface area contributed by atoms with Crippen molar-refractivity contribution < 1.29 is 14.0 Å². The zero-order chi connectivity index (χ0) is 25.8. The highest BCUT2D eigenvalue weighted by Crippen LogP contribution is 2.32. The lowest BCUT2D eigenvalue weighted by molar-refractivity contribution is -0.128. The zero-order valence-electron chi connectivity index (χ0n) is 21.0.